The zero-order valence-corrected chi connectivity index (χ0v) is 17.1. The third-order valence-corrected chi connectivity index (χ3v) is 4.55. The molecule has 3 heterocycles. The Labute approximate surface area is 180 Å². The minimum absolute atomic E-state index is 0. The van der Waals surface area contributed by atoms with Gasteiger partial charge in [-0.3, -0.25) is 9.78 Å². The van der Waals surface area contributed by atoms with E-state index >= 15 is 0 Å². The van der Waals surface area contributed by atoms with Crippen LogP contribution in [0.25, 0.3) is 0 Å². The topological polar surface area (TPSA) is 75.9 Å². The van der Waals surface area contributed by atoms with Gasteiger partial charge in [0.05, 0.1) is 24.5 Å². The molecule has 0 spiro atoms. The summed E-state index contributed by atoms with van der Waals surface area (Å²) in [5.74, 6) is -0.523. The predicted molar refractivity (Wildman–Crippen MR) is 111 cm³/mol. The number of piperazine rings is 1. The number of aromatic nitrogens is 4. The Bertz CT molecular complexity index is 939. The summed E-state index contributed by atoms with van der Waals surface area (Å²) in [4.78, 5) is 19.0. The SMILES string of the molecule is Cl.Cl.O=C(c1cn(Cc2ccccn2)nn1)N1CCNCC1c1cccc(F)c1. The van der Waals surface area contributed by atoms with Gasteiger partial charge in [-0.15, -0.1) is 29.9 Å². The Hall–Kier alpha value is -2.55. The summed E-state index contributed by atoms with van der Waals surface area (Å²) < 4.78 is 15.2. The highest BCUT2D eigenvalue weighted by Crippen LogP contribution is 2.24. The van der Waals surface area contributed by atoms with E-state index in [0.717, 1.165) is 11.3 Å². The number of carbonyl (C=O) groups is 1. The Balaban J connectivity index is 0.00000150. The van der Waals surface area contributed by atoms with Gasteiger partial charge >= 0.3 is 0 Å². The first-order chi connectivity index (χ1) is 13.2. The van der Waals surface area contributed by atoms with Gasteiger partial charge < -0.3 is 10.2 Å². The molecule has 0 bridgehead atoms. The number of hydrogen-bond donors (Lipinski definition) is 1. The first kappa shape index (κ1) is 22.7. The second kappa shape index (κ2) is 10.3. The zero-order valence-electron chi connectivity index (χ0n) is 15.4. The van der Waals surface area contributed by atoms with Crippen molar-refractivity contribution in [3.05, 3.63) is 77.6 Å². The molecule has 1 saturated heterocycles. The van der Waals surface area contributed by atoms with E-state index in [2.05, 4.69) is 20.6 Å². The van der Waals surface area contributed by atoms with Crippen molar-refractivity contribution in [3.8, 4) is 0 Å². The number of pyridine rings is 1. The molecule has 0 saturated carbocycles. The van der Waals surface area contributed by atoms with Crippen molar-refractivity contribution in [1.29, 1.82) is 0 Å². The monoisotopic (exact) mass is 438 g/mol. The summed E-state index contributed by atoms with van der Waals surface area (Å²) in [5, 5.41) is 11.3. The zero-order chi connectivity index (χ0) is 18.6. The summed E-state index contributed by atoms with van der Waals surface area (Å²) in [7, 11) is 0. The Morgan fingerprint density at radius 1 is 1.21 bits per heavy atom. The van der Waals surface area contributed by atoms with Crippen molar-refractivity contribution in [1.82, 2.24) is 30.2 Å². The normalized spacial score (nSPS) is 15.9. The summed E-state index contributed by atoms with van der Waals surface area (Å²) in [6.07, 6.45) is 3.34. The average molecular weight is 439 g/mol. The van der Waals surface area contributed by atoms with Gasteiger partial charge in [-0.2, -0.15) is 0 Å². The lowest BCUT2D eigenvalue weighted by Crippen LogP contribution is -2.48. The molecule has 0 aliphatic carbocycles. The number of halogens is 3. The first-order valence-electron chi connectivity index (χ1n) is 8.78. The van der Waals surface area contributed by atoms with Crippen LogP contribution in [-0.2, 0) is 6.54 Å². The van der Waals surface area contributed by atoms with Crippen LogP contribution in [0.15, 0.2) is 54.9 Å². The van der Waals surface area contributed by atoms with Crippen LogP contribution < -0.4 is 5.32 Å². The molecule has 1 aliphatic heterocycles. The summed E-state index contributed by atoms with van der Waals surface area (Å²) in [6.45, 7) is 2.21. The van der Waals surface area contributed by atoms with Gasteiger partial charge in [-0.05, 0) is 29.8 Å². The Morgan fingerprint density at radius 2 is 2.07 bits per heavy atom. The number of benzene rings is 1. The molecule has 2 aromatic heterocycles. The second-order valence-electron chi connectivity index (χ2n) is 6.40. The molecule has 1 fully saturated rings. The highest BCUT2D eigenvalue weighted by atomic mass is 35.5. The molecule has 1 unspecified atom stereocenters. The van der Waals surface area contributed by atoms with E-state index in [1.54, 1.807) is 28.0 Å². The molecule has 4 rings (SSSR count). The minimum Gasteiger partial charge on any atom is -0.328 e. The highest BCUT2D eigenvalue weighted by Gasteiger charge is 2.30. The first-order valence-corrected chi connectivity index (χ1v) is 8.78. The molecular weight excluding hydrogens is 418 g/mol. The molecule has 154 valence electrons. The van der Waals surface area contributed by atoms with Crippen molar-refractivity contribution < 1.29 is 9.18 Å². The minimum atomic E-state index is -0.313. The maximum Gasteiger partial charge on any atom is 0.276 e. The average Bonchev–Trinajstić information content (AvgIpc) is 3.17. The number of nitrogens with zero attached hydrogens (tertiary/aromatic N) is 5. The standard InChI is InChI=1S/C19H19FN6O.2ClH/c20-15-5-3-4-14(10-15)18-11-21-8-9-26(18)19(27)17-13-25(24-23-17)12-16-6-1-2-7-22-16;;/h1-7,10,13,18,21H,8-9,11-12H2;2*1H. The smallest absolute Gasteiger partial charge is 0.276 e. The van der Waals surface area contributed by atoms with Gasteiger partial charge in [0.25, 0.3) is 5.91 Å². The molecule has 1 aliphatic rings. The predicted octanol–water partition coefficient (Wildman–Crippen LogP) is 2.49. The fourth-order valence-corrected chi connectivity index (χ4v) is 3.24. The quantitative estimate of drug-likeness (QED) is 0.676. The summed E-state index contributed by atoms with van der Waals surface area (Å²) in [5.41, 5.74) is 1.87. The van der Waals surface area contributed by atoms with Crippen molar-refractivity contribution in [2.24, 2.45) is 0 Å². The summed E-state index contributed by atoms with van der Waals surface area (Å²) in [6, 6.07) is 11.7. The van der Waals surface area contributed by atoms with Gasteiger partial charge in [0.1, 0.15) is 5.82 Å². The van der Waals surface area contributed by atoms with Crippen LogP contribution in [-0.4, -0.2) is 50.4 Å². The van der Waals surface area contributed by atoms with Crippen molar-refractivity contribution in [3.63, 3.8) is 0 Å². The lowest BCUT2D eigenvalue weighted by atomic mass is 10.0. The molecule has 1 amide bonds. The molecule has 1 N–H and O–H groups in total. The number of nitrogens with one attached hydrogen (secondary N) is 1. The van der Waals surface area contributed by atoms with Crippen LogP contribution in [0.3, 0.4) is 0 Å². The molecule has 29 heavy (non-hydrogen) atoms. The number of amides is 1. The maximum absolute atomic E-state index is 13.6. The van der Waals surface area contributed by atoms with E-state index in [-0.39, 0.29) is 48.3 Å². The van der Waals surface area contributed by atoms with E-state index in [0.29, 0.717) is 26.2 Å². The third-order valence-electron chi connectivity index (χ3n) is 4.55. The van der Waals surface area contributed by atoms with Crippen LogP contribution in [0, 0.1) is 5.82 Å². The lowest BCUT2D eigenvalue weighted by Gasteiger charge is -2.36. The van der Waals surface area contributed by atoms with Crippen LogP contribution in [0.5, 0.6) is 0 Å². The van der Waals surface area contributed by atoms with Gasteiger partial charge in [-0.25, -0.2) is 9.07 Å². The largest absolute Gasteiger partial charge is 0.328 e. The van der Waals surface area contributed by atoms with Crippen molar-refractivity contribution in [2.75, 3.05) is 19.6 Å². The molecule has 3 aromatic rings. The van der Waals surface area contributed by atoms with E-state index in [9.17, 15) is 9.18 Å². The number of hydrogen-bond acceptors (Lipinski definition) is 5. The van der Waals surface area contributed by atoms with Crippen molar-refractivity contribution >= 4 is 30.7 Å². The molecule has 0 radical (unpaired) electrons. The number of rotatable bonds is 4. The van der Waals surface area contributed by atoms with Crippen LogP contribution in [0.1, 0.15) is 27.8 Å². The third kappa shape index (κ3) is 5.29. The van der Waals surface area contributed by atoms with E-state index in [1.165, 1.54) is 12.1 Å². The fourth-order valence-electron chi connectivity index (χ4n) is 3.24. The van der Waals surface area contributed by atoms with Gasteiger partial charge in [-0.1, -0.05) is 23.4 Å². The fraction of sp³-hybridized carbons (Fsp3) is 0.263. The van der Waals surface area contributed by atoms with E-state index in [4.69, 9.17) is 0 Å². The summed E-state index contributed by atoms with van der Waals surface area (Å²) >= 11 is 0. The van der Waals surface area contributed by atoms with Crippen LogP contribution >= 0.6 is 24.8 Å². The van der Waals surface area contributed by atoms with E-state index < -0.39 is 0 Å². The highest BCUT2D eigenvalue weighted by molar-refractivity contribution is 5.92. The molecule has 7 nitrogen and oxygen atoms in total. The Kier molecular flexibility index (Phi) is 8.07. The number of carbonyl (C=O) groups excluding carboxylic acids is 1. The molecular formula is C19H21Cl2FN6O. The van der Waals surface area contributed by atoms with Gasteiger partial charge in [0, 0.05) is 25.8 Å². The molecule has 1 aromatic carbocycles. The molecule has 10 heteroatoms. The lowest BCUT2D eigenvalue weighted by molar-refractivity contribution is 0.0627. The molecule has 1 atom stereocenters. The van der Waals surface area contributed by atoms with Crippen LogP contribution in [0.2, 0.25) is 0 Å². The van der Waals surface area contributed by atoms with Crippen molar-refractivity contribution in [2.45, 2.75) is 12.6 Å². The van der Waals surface area contributed by atoms with E-state index in [1.807, 2.05) is 24.3 Å². The Morgan fingerprint density at radius 3 is 2.83 bits per heavy atom. The maximum atomic E-state index is 13.6. The van der Waals surface area contributed by atoms with Gasteiger partial charge in [0.2, 0.25) is 0 Å². The van der Waals surface area contributed by atoms with Gasteiger partial charge in [0.15, 0.2) is 5.69 Å². The van der Waals surface area contributed by atoms with Crippen LogP contribution in [0.4, 0.5) is 4.39 Å². The second-order valence-corrected chi connectivity index (χ2v) is 6.40.